The zero-order valence-electron chi connectivity index (χ0n) is 8.90. The lowest BCUT2D eigenvalue weighted by Gasteiger charge is -2.05. The first-order valence-electron chi connectivity index (χ1n) is 4.82. The van der Waals surface area contributed by atoms with Crippen molar-refractivity contribution in [1.29, 1.82) is 0 Å². The summed E-state index contributed by atoms with van der Waals surface area (Å²) in [7, 11) is 0. The second-order valence-electron chi connectivity index (χ2n) is 3.28. The predicted molar refractivity (Wildman–Crippen MR) is 57.5 cm³/mol. The molecule has 1 amide bonds. The first kappa shape index (κ1) is 12.0. The quantitative estimate of drug-likeness (QED) is 0.812. The number of rotatable bonds is 4. The lowest BCUT2D eigenvalue weighted by molar-refractivity contribution is -0.136. The summed E-state index contributed by atoms with van der Waals surface area (Å²) in [5, 5.41) is 10.7. The van der Waals surface area contributed by atoms with Crippen molar-refractivity contribution in [3.63, 3.8) is 0 Å². The summed E-state index contributed by atoms with van der Waals surface area (Å²) in [6.07, 6.45) is -0.769. The number of carboxylic acid groups (broad SMARTS) is 1. The highest BCUT2D eigenvalue weighted by molar-refractivity contribution is 5.72. The van der Waals surface area contributed by atoms with Crippen molar-refractivity contribution in [1.82, 2.24) is 5.32 Å². The maximum atomic E-state index is 11.2. The number of carbonyl (C=O) groups is 2. The van der Waals surface area contributed by atoms with Gasteiger partial charge in [-0.25, -0.2) is 4.79 Å². The van der Waals surface area contributed by atoms with E-state index in [1.165, 1.54) is 0 Å². The van der Waals surface area contributed by atoms with Gasteiger partial charge in [0.15, 0.2) is 0 Å². The third-order valence-corrected chi connectivity index (χ3v) is 1.81. The van der Waals surface area contributed by atoms with Crippen molar-refractivity contribution < 1.29 is 19.4 Å². The molecule has 0 heterocycles. The van der Waals surface area contributed by atoms with E-state index in [-0.39, 0.29) is 13.0 Å². The van der Waals surface area contributed by atoms with Crippen LogP contribution in [-0.4, -0.2) is 23.7 Å². The minimum atomic E-state index is -0.962. The number of hydrogen-bond acceptors (Lipinski definition) is 3. The van der Waals surface area contributed by atoms with Crippen LogP contribution in [0, 0.1) is 6.92 Å². The molecule has 2 N–H and O–H groups in total. The van der Waals surface area contributed by atoms with Gasteiger partial charge < -0.3 is 15.2 Å². The summed E-state index contributed by atoms with van der Waals surface area (Å²) in [6.45, 7) is 1.94. The van der Waals surface area contributed by atoms with Gasteiger partial charge in [0.25, 0.3) is 0 Å². The van der Waals surface area contributed by atoms with Crippen molar-refractivity contribution in [2.24, 2.45) is 0 Å². The maximum Gasteiger partial charge on any atom is 0.412 e. The van der Waals surface area contributed by atoms with Crippen LogP contribution in [0.4, 0.5) is 4.79 Å². The fourth-order valence-corrected chi connectivity index (χ4v) is 1.09. The van der Waals surface area contributed by atoms with E-state index < -0.39 is 12.1 Å². The van der Waals surface area contributed by atoms with Gasteiger partial charge in [-0.1, -0.05) is 12.1 Å². The van der Waals surface area contributed by atoms with Crippen molar-refractivity contribution >= 4 is 12.1 Å². The molecule has 0 radical (unpaired) electrons. The van der Waals surface area contributed by atoms with E-state index in [0.29, 0.717) is 5.75 Å². The molecule has 1 aromatic carbocycles. The molecule has 0 bridgehead atoms. The molecular weight excluding hydrogens is 210 g/mol. The summed E-state index contributed by atoms with van der Waals surface area (Å²) < 4.78 is 4.93. The molecule has 0 aliphatic heterocycles. The van der Waals surface area contributed by atoms with Crippen LogP contribution >= 0.6 is 0 Å². The van der Waals surface area contributed by atoms with E-state index >= 15 is 0 Å². The smallest absolute Gasteiger partial charge is 0.412 e. The molecule has 0 saturated carbocycles. The van der Waals surface area contributed by atoms with Crippen molar-refractivity contribution in [2.45, 2.75) is 13.3 Å². The van der Waals surface area contributed by atoms with Crippen LogP contribution in [0.3, 0.4) is 0 Å². The zero-order chi connectivity index (χ0) is 12.0. The normalized spacial score (nSPS) is 9.56. The van der Waals surface area contributed by atoms with Crippen molar-refractivity contribution in [3.05, 3.63) is 29.8 Å². The Balaban J connectivity index is 2.37. The molecule has 5 nitrogen and oxygen atoms in total. The monoisotopic (exact) mass is 223 g/mol. The maximum absolute atomic E-state index is 11.2. The number of ether oxygens (including phenoxy) is 1. The molecule has 0 saturated heterocycles. The summed E-state index contributed by atoms with van der Waals surface area (Å²) in [5.74, 6) is -0.524. The van der Waals surface area contributed by atoms with Gasteiger partial charge in [-0.3, -0.25) is 4.79 Å². The fraction of sp³-hybridized carbons (Fsp3) is 0.273. The molecular formula is C11H13NO4. The predicted octanol–water partition coefficient (Wildman–Crippen LogP) is 1.56. The largest absolute Gasteiger partial charge is 0.481 e. The number of aliphatic carboxylic acids is 1. The summed E-state index contributed by atoms with van der Waals surface area (Å²) in [4.78, 5) is 21.4. The fourth-order valence-electron chi connectivity index (χ4n) is 1.09. The molecule has 0 aliphatic carbocycles. The van der Waals surface area contributed by atoms with E-state index in [1.807, 2.05) is 13.0 Å². The standard InChI is InChI=1S/C11H13NO4/c1-8-3-2-4-9(7-8)16-11(15)12-6-5-10(13)14/h2-4,7H,5-6H2,1H3,(H,12,15)(H,13,14). The number of carboxylic acids is 1. The molecule has 1 aromatic rings. The topological polar surface area (TPSA) is 75.6 Å². The Morgan fingerprint density at radius 1 is 1.44 bits per heavy atom. The van der Waals surface area contributed by atoms with Gasteiger partial charge in [0.05, 0.1) is 6.42 Å². The Morgan fingerprint density at radius 2 is 2.19 bits per heavy atom. The molecule has 16 heavy (non-hydrogen) atoms. The minimum Gasteiger partial charge on any atom is -0.481 e. The highest BCUT2D eigenvalue weighted by Crippen LogP contribution is 2.12. The first-order valence-corrected chi connectivity index (χ1v) is 4.82. The molecule has 0 unspecified atom stereocenters. The Morgan fingerprint density at radius 3 is 2.81 bits per heavy atom. The third kappa shape index (κ3) is 4.45. The van der Waals surface area contributed by atoms with Gasteiger partial charge in [-0.2, -0.15) is 0 Å². The molecule has 86 valence electrons. The third-order valence-electron chi connectivity index (χ3n) is 1.81. The number of hydrogen-bond donors (Lipinski definition) is 2. The molecule has 0 atom stereocenters. The van der Waals surface area contributed by atoms with E-state index in [2.05, 4.69) is 5.32 Å². The number of aryl methyl sites for hydroxylation is 1. The average Bonchev–Trinajstić information content (AvgIpc) is 2.16. The SMILES string of the molecule is Cc1cccc(OC(=O)NCCC(=O)O)c1. The lowest BCUT2D eigenvalue weighted by Crippen LogP contribution is -2.28. The van der Waals surface area contributed by atoms with E-state index in [1.54, 1.807) is 18.2 Å². The lowest BCUT2D eigenvalue weighted by atomic mass is 10.2. The number of amides is 1. The van der Waals surface area contributed by atoms with Gasteiger partial charge in [0, 0.05) is 6.54 Å². The zero-order valence-corrected chi connectivity index (χ0v) is 8.90. The van der Waals surface area contributed by atoms with Crippen LogP contribution in [0.2, 0.25) is 0 Å². The number of benzene rings is 1. The van der Waals surface area contributed by atoms with Crippen LogP contribution in [-0.2, 0) is 4.79 Å². The van der Waals surface area contributed by atoms with Gasteiger partial charge in [0.2, 0.25) is 0 Å². The van der Waals surface area contributed by atoms with Crippen molar-refractivity contribution in [3.8, 4) is 5.75 Å². The Labute approximate surface area is 93.0 Å². The summed E-state index contributed by atoms with van der Waals surface area (Å²) >= 11 is 0. The van der Waals surface area contributed by atoms with Gasteiger partial charge in [-0.05, 0) is 24.6 Å². The van der Waals surface area contributed by atoms with Crippen molar-refractivity contribution in [2.75, 3.05) is 6.54 Å². The van der Waals surface area contributed by atoms with Gasteiger partial charge >= 0.3 is 12.1 Å². The van der Waals surface area contributed by atoms with E-state index in [0.717, 1.165) is 5.56 Å². The number of carbonyl (C=O) groups excluding carboxylic acids is 1. The minimum absolute atomic E-state index is 0.0555. The van der Waals surface area contributed by atoms with Crippen LogP contribution in [0.1, 0.15) is 12.0 Å². The first-order chi connectivity index (χ1) is 7.58. The molecule has 1 rings (SSSR count). The summed E-state index contributed by atoms with van der Waals surface area (Å²) in [5.41, 5.74) is 0.982. The second-order valence-corrected chi connectivity index (χ2v) is 3.28. The molecule has 0 aliphatic rings. The molecule has 5 heteroatoms. The highest BCUT2D eigenvalue weighted by Gasteiger charge is 2.04. The van der Waals surface area contributed by atoms with Crippen LogP contribution in [0.25, 0.3) is 0 Å². The molecule has 0 aromatic heterocycles. The Kier molecular flexibility index (Phi) is 4.32. The summed E-state index contributed by atoms with van der Waals surface area (Å²) in [6, 6.07) is 7.03. The van der Waals surface area contributed by atoms with Crippen LogP contribution < -0.4 is 10.1 Å². The Hall–Kier alpha value is -2.04. The van der Waals surface area contributed by atoms with Gasteiger partial charge in [-0.15, -0.1) is 0 Å². The molecule has 0 spiro atoms. The average molecular weight is 223 g/mol. The highest BCUT2D eigenvalue weighted by atomic mass is 16.6. The van der Waals surface area contributed by atoms with E-state index in [4.69, 9.17) is 9.84 Å². The van der Waals surface area contributed by atoms with Crippen LogP contribution in [0.5, 0.6) is 5.75 Å². The van der Waals surface area contributed by atoms with Gasteiger partial charge in [0.1, 0.15) is 5.75 Å². The number of nitrogens with one attached hydrogen (secondary N) is 1. The molecule has 0 fully saturated rings. The Bertz CT molecular complexity index is 389. The second kappa shape index (κ2) is 5.75. The van der Waals surface area contributed by atoms with Crippen LogP contribution in [0.15, 0.2) is 24.3 Å². The van der Waals surface area contributed by atoms with E-state index in [9.17, 15) is 9.59 Å².